The van der Waals surface area contributed by atoms with Crippen LogP contribution in [-0.2, 0) is 19.6 Å². The van der Waals surface area contributed by atoms with E-state index in [-0.39, 0.29) is 22.0 Å². The first-order valence-electron chi connectivity index (χ1n) is 8.97. The van der Waals surface area contributed by atoms with Gasteiger partial charge in [-0.05, 0) is 44.2 Å². The molecule has 26 heavy (non-hydrogen) atoms. The molecule has 0 radical (unpaired) electrons. The van der Waals surface area contributed by atoms with Crippen LogP contribution in [0.1, 0.15) is 33.1 Å². The van der Waals surface area contributed by atoms with E-state index in [0.717, 1.165) is 17.8 Å². The maximum atomic E-state index is 12.6. The molecule has 1 aromatic rings. The predicted octanol–water partition coefficient (Wildman–Crippen LogP) is 2.98. The Morgan fingerprint density at radius 3 is 2.69 bits per heavy atom. The summed E-state index contributed by atoms with van der Waals surface area (Å²) in [5, 5.41) is 2.94. The molecule has 1 amide bonds. The van der Waals surface area contributed by atoms with Crippen molar-refractivity contribution in [2.45, 2.75) is 37.3 Å². The lowest BCUT2D eigenvalue weighted by Gasteiger charge is -2.33. The molecule has 1 unspecified atom stereocenters. The van der Waals surface area contributed by atoms with Gasteiger partial charge in [0.15, 0.2) is 0 Å². The fraction of sp³-hybridized carbons (Fsp3) is 0.706. The van der Waals surface area contributed by atoms with Gasteiger partial charge in [0.05, 0.1) is 4.34 Å². The van der Waals surface area contributed by atoms with Crippen molar-refractivity contribution < 1.29 is 17.9 Å². The second-order valence-electron chi connectivity index (χ2n) is 6.43. The van der Waals surface area contributed by atoms with Gasteiger partial charge in [-0.1, -0.05) is 18.5 Å². The Labute approximate surface area is 164 Å². The number of hydrogen-bond acceptors (Lipinski definition) is 5. The molecule has 0 aliphatic carbocycles. The van der Waals surface area contributed by atoms with Gasteiger partial charge in [-0.3, -0.25) is 4.79 Å². The third-order valence-electron chi connectivity index (χ3n) is 4.73. The van der Waals surface area contributed by atoms with Crippen molar-refractivity contribution >= 4 is 38.9 Å². The summed E-state index contributed by atoms with van der Waals surface area (Å²) in [5.74, 6) is 0.108. The number of thiophene rings is 1. The number of piperidine rings is 1. The molecule has 1 atom stereocenters. The number of ether oxygens (including phenoxy) is 1. The Balaban J connectivity index is 1.81. The minimum absolute atomic E-state index is 0.0350. The van der Waals surface area contributed by atoms with Crippen molar-refractivity contribution in [3.8, 4) is 0 Å². The van der Waals surface area contributed by atoms with Crippen LogP contribution in [0.2, 0.25) is 4.34 Å². The zero-order valence-corrected chi connectivity index (χ0v) is 17.6. The van der Waals surface area contributed by atoms with E-state index >= 15 is 0 Å². The summed E-state index contributed by atoms with van der Waals surface area (Å²) in [6.07, 6.45) is 2.17. The first kappa shape index (κ1) is 21.6. The molecule has 0 saturated carbocycles. The summed E-state index contributed by atoms with van der Waals surface area (Å²) in [5.41, 5.74) is 0. The van der Waals surface area contributed by atoms with E-state index in [1.165, 1.54) is 4.31 Å². The lowest BCUT2D eigenvalue weighted by Crippen LogP contribution is -2.42. The van der Waals surface area contributed by atoms with Crippen LogP contribution in [0.15, 0.2) is 16.3 Å². The minimum atomic E-state index is -3.48. The van der Waals surface area contributed by atoms with Gasteiger partial charge in [-0.25, -0.2) is 8.42 Å². The number of halogens is 1. The van der Waals surface area contributed by atoms with E-state index in [0.29, 0.717) is 50.0 Å². The van der Waals surface area contributed by atoms with Crippen LogP contribution in [0, 0.1) is 11.8 Å². The van der Waals surface area contributed by atoms with Crippen LogP contribution in [0.25, 0.3) is 0 Å². The highest BCUT2D eigenvalue weighted by molar-refractivity contribution is 7.91. The largest absolute Gasteiger partial charge is 0.382 e. The van der Waals surface area contributed by atoms with Crippen molar-refractivity contribution in [1.29, 1.82) is 0 Å². The number of sulfonamides is 1. The number of rotatable bonds is 9. The van der Waals surface area contributed by atoms with Crippen LogP contribution in [0.4, 0.5) is 0 Å². The molecule has 1 aliphatic rings. The Morgan fingerprint density at radius 2 is 2.12 bits per heavy atom. The summed E-state index contributed by atoms with van der Waals surface area (Å²) in [4.78, 5) is 12.3. The smallest absolute Gasteiger partial charge is 0.252 e. The molecule has 1 aliphatic heterocycles. The standard InChI is InChI=1S/C17H27ClN2O4S2/c1-3-24-12-4-9-19-17(21)13(2)14-7-10-20(11-8-14)26(22,23)16-6-5-15(18)25-16/h5-6,13-14H,3-4,7-12H2,1-2H3,(H,19,21). The van der Waals surface area contributed by atoms with Crippen LogP contribution in [0.3, 0.4) is 0 Å². The predicted molar refractivity (Wildman–Crippen MR) is 104 cm³/mol. The van der Waals surface area contributed by atoms with E-state index in [9.17, 15) is 13.2 Å². The van der Waals surface area contributed by atoms with Crippen molar-refractivity contribution in [2.75, 3.05) is 32.8 Å². The lowest BCUT2D eigenvalue weighted by atomic mass is 9.85. The second kappa shape index (κ2) is 10.0. The van der Waals surface area contributed by atoms with Crippen molar-refractivity contribution in [3.05, 3.63) is 16.5 Å². The second-order valence-corrected chi connectivity index (χ2v) is 10.3. The molecule has 2 rings (SSSR count). The molecule has 9 heteroatoms. The topological polar surface area (TPSA) is 75.7 Å². The summed E-state index contributed by atoms with van der Waals surface area (Å²) in [6.45, 7) is 6.67. The SMILES string of the molecule is CCOCCCNC(=O)C(C)C1CCN(S(=O)(=O)c2ccc(Cl)s2)CC1. The number of carbonyl (C=O) groups is 1. The first-order chi connectivity index (χ1) is 12.4. The fourth-order valence-corrected chi connectivity index (χ4v) is 6.19. The fourth-order valence-electron chi connectivity index (χ4n) is 3.08. The molecule has 1 saturated heterocycles. The molecule has 1 aromatic heterocycles. The maximum absolute atomic E-state index is 12.6. The molecular formula is C17H27ClN2O4S2. The monoisotopic (exact) mass is 422 g/mol. The van der Waals surface area contributed by atoms with E-state index < -0.39 is 10.0 Å². The number of nitrogens with zero attached hydrogens (tertiary/aromatic N) is 1. The quantitative estimate of drug-likeness (QED) is 0.620. The van der Waals surface area contributed by atoms with Crippen LogP contribution in [-0.4, -0.2) is 51.5 Å². The normalized spacial score (nSPS) is 18.0. The molecule has 0 bridgehead atoms. The zero-order valence-electron chi connectivity index (χ0n) is 15.2. The molecule has 0 aromatic carbocycles. The highest BCUT2D eigenvalue weighted by atomic mass is 35.5. The number of nitrogens with one attached hydrogen (secondary N) is 1. The van der Waals surface area contributed by atoms with E-state index in [1.807, 2.05) is 13.8 Å². The highest BCUT2D eigenvalue weighted by Crippen LogP contribution is 2.32. The van der Waals surface area contributed by atoms with Crippen molar-refractivity contribution in [1.82, 2.24) is 9.62 Å². The highest BCUT2D eigenvalue weighted by Gasteiger charge is 2.33. The van der Waals surface area contributed by atoms with Gasteiger partial charge in [0, 0.05) is 38.8 Å². The van der Waals surface area contributed by atoms with Gasteiger partial charge in [0.2, 0.25) is 5.91 Å². The van der Waals surface area contributed by atoms with E-state index in [1.54, 1.807) is 12.1 Å². The van der Waals surface area contributed by atoms with Gasteiger partial charge in [0.25, 0.3) is 10.0 Å². The van der Waals surface area contributed by atoms with Gasteiger partial charge in [-0.15, -0.1) is 11.3 Å². The number of carbonyl (C=O) groups excluding carboxylic acids is 1. The Hall–Kier alpha value is -0.670. The van der Waals surface area contributed by atoms with Crippen LogP contribution in [0.5, 0.6) is 0 Å². The summed E-state index contributed by atoms with van der Waals surface area (Å²) in [6, 6.07) is 3.15. The first-order valence-corrected chi connectivity index (χ1v) is 11.6. The van der Waals surface area contributed by atoms with Gasteiger partial charge in [-0.2, -0.15) is 4.31 Å². The van der Waals surface area contributed by atoms with Crippen molar-refractivity contribution in [3.63, 3.8) is 0 Å². The van der Waals surface area contributed by atoms with E-state index in [2.05, 4.69) is 5.32 Å². The summed E-state index contributed by atoms with van der Waals surface area (Å²) in [7, 11) is -3.48. The zero-order chi connectivity index (χ0) is 19.2. The average molecular weight is 423 g/mol. The minimum Gasteiger partial charge on any atom is -0.382 e. The van der Waals surface area contributed by atoms with Gasteiger partial charge >= 0.3 is 0 Å². The molecule has 2 heterocycles. The van der Waals surface area contributed by atoms with Gasteiger partial charge in [0.1, 0.15) is 4.21 Å². The molecule has 1 N–H and O–H groups in total. The average Bonchev–Trinajstić information content (AvgIpc) is 3.08. The third kappa shape index (κ3) is 5.66. The van der Waals surface area contributed by atoms with Crippen LogP contribution >= 0.6 is 22.9 Å². The number of hydrogen-bond donors (Lipinski definition) is 1. The van der Waals surface area contributed by atoms with Crippen LogP contribution < -0.4 is 5.32 Å². The Bertz CT molecular complexity index is 685. The Morgan fingerprint density at radius 1 is 1.42 bits per heavy atom. The number of amides is 1. The van der Waals surface area contributed by atoms with Crippen molar-refractivity contribution in [2.24, 2.45) is 11.8 Å². The summed E-state index contributed by atoms with van der Waals surface area (Å²) < 4.78 is 32.7. The molecule has 0 spiro atoms. The van der Waals surface area contributed by atoms with Gasteiger partial charge < -0.3 is 10.1 Å². The maximum Gasteiger partial charge on any atom is 0.252 e. The lowest BCUT2D eigenvalue weighted by molar-refractivity contribution is -0.126. The third-order valence-corrected chi connectivity index (χ3v) is 8.33. The molecule has 148 valence electrons. The van der Waals surface area contributed by atoms with E-state index in [4.69, 9.17) is 16.3 Å². The molecule has 1 fully saturated rings. The molecular weight excluding hydrogens is 396 g/mol. The Kier molecular flexibility index (Phi) is 8.35. The summed E-state index contributed by atoms with van der Waals surface area (Å²) >= 11 is 6.93. The molecule has 6 nitrogen and oxygen atoms in total.